The summed E-state index contributed by atoms with van der Waals surface area (Å²) < 4.78 is 23.9. The standard InChI is InChI=1S/C7H11N3O2S/c11-13(12)2-1-7(4-13)3-10-6-8-5-9-10/h5-7H,1-4H2. The van der Waals surface area contributed by atoms with Crippen LogP contribution in [0.25, 0.3) is 0 Å². The molecule has 1 atom stereocenters. The highest BCUT2D eigenvalue weighted by Crippen LogP contribution is 2.19. The van der Waals surface area contributed by atoms with Crippen LogP contribution in [0.5, 0.6) is 0 Å². The van der Waals surface area contributed by atoms with E-state index in [1.54, 1.807) is 11.0 Å². The van der Waals surface area contributed by atoms with Crippen molar-refractivity contribution in [1.29, 1.82) is 0 Å². The van der Waals surface area contributed by atoms with Crippen LogP contribution in [0.2, 0.25) is 0 Å². The first kappa shape index (κ1) is 8.68. The molecule has 1 aliphatic rings. The molecule has 1 fully saturated rings. The first-order valence-corrected chi connectivity index (χ1v) is 6.01. The highest BCUT2D eigenvalue weighted by atomic mass is 32.2. The summed E-state index contributed by atoms with van der Waals surface area (Å²) in [5.41, 5.74) is 0. The Kier molecular flexibility index (Phi) is 2.07. The van der Waals surface area contributed by atoms with Crippen molar-refractivity contribution in [3.63, 3.8) is 0 Å². The maximum atomic E-state index is 11.1. The molecule has 0 aromatic carbocycles. The maximum Gasteiger partial charge on any atom is 0.150 e. The van der Waals surface area contributed by atoms with Crippen molar-refractivity contribution in [2.24, 2.45) is 5.92 Å². The molecule has 0 saturated carbocycles. The second-order valence-corrected chi connectivity index (χ2v) is 5.62. The van der Waals surface area contributed by atoms with E-state index >= 15 is 0 Å². The van der Waals surface area contributed by atoms with Crippen molar-refractivity contribution in [1.82, 2.24) is 14.8 Å². The van der Waals surface area contributed by atoms with Gasteiger partial charge in [-0.05, 0) is 12.3 Å². The Morgan fingerprint density at radius 2 is 2.38 bits per heavy atom. The van der Waals surface area contributed by atoms with Crippen molar-refractivity contribution in [2.75, 3.05) is 11.5 Å². The molecule has 72 valence electrons. The van der Waals surface area contributed by atoms with Gasteiger partial charge in [-0.15, -0.1) is 0 Å². The van der Waals surface area contributed by atoms with Crippen molar-refractivity contribution in [3.05, 3.63) is 12.7 Å². The van der Waals surface area contributed by atoms with E-state index in [0.29, 0.717) is 18.1 Å². The van der Waals surface area contributed by atoms with Gasteiger partial charge >= 0.3 is 0 Å². The lowest BCUT2D eigenvalue weighted by Gasteiger charge is -2.05. The Labute approximate surface area is 76.7 Å². The Bertz CT molecular complexity index is 370. The summed E-state index contributed by atoms with van der Waals surface area (Å²) >= 11 is 0. The van der Waals surface area contributed by atoms with Crippen LogP contribution in [0.4, 0.5) is 0 Å². The number of rotatable bonds is 2. The van der Waals surface area contributed by atoms with Crippen LogP contribution in [-0.2, 0) is 16.4 Å². The summed E-state index contributed by atoms with van der Waals surface area (Å²) in [6.07, 6.45) is 3.83. The van der Waals surface area contributed by atoms with Crippen LogP contribution in [0, 0.1) is 5.92 Å². The molecule has 1 aliphatic heterocycles. The monoisotopic (exact) mass is 201 g/mol. The van der Waals surface area contributed by atoms with Crippen LogP contribution >= 0.6 is 0 Å². The molecule has 6 heteroatoms. The van der Waals surface area contributed by atoms with Crippen molar-refractivity contribution in [3.8, 4) is 0 Å². The van der Waals surface area contributed by atoms with E-state index in [0.717, 1.165) is 6.42 Å². The van der Waals surface area contributed by atoms with E-state index in [-0.39, 0.29) is 5.92 Å². The average molecular weight is 201 g/mol. The lowest BCUT2D eigenvalue weighted by atomic mass is 10.1. The number of hydrogen-bond acceptors (Lipinski definition) is 4. The zero-order chi connectivity index (χ0) is 9.31. The third-order valence-electron chi connectivity index (χ3n) is 2.24. The largest absolute Gasteiger partial charge is 0.253 e. The van der Waals surface area contributed by atoms with Gasteiger partial charge in [0, 0.05) is 6.54 Å². The van der Waals surface area contributed by atoms with Crippen molar-refractivity contribution < 1.29 is 8.42 Å². The predicted molar refractivity (Wildman–Crippen MR) is 46.8 cm³/mol. The molecule has 1 aromatic rings. The summed E-state index contributed by atoms with van der Waals surface area (Å²) in [5.74, 6) is 0.839. The molecule has 1 unspecified atom stereocenters. The van der Waals surface area contributed by atoms with Crippen LogP contribution in [-0.4, -0.2) is 34.7 Å². The normalized spacial score (nSPS) is 26.3. The van der Waals surface area contributed by atoms with Crippen molar-refractivity contribution in [2.45, 2.75) is 13.0 Å². The van der Waals surface area contributed by atoms with Gasteiger partial charge in [0.15, 0.2) is 9.84 Å². The van der Waals surface area contributed by atoms with Crippen LogP contribution in [0.15, 0.2) is 12.7 Å². The molecule has 5 nitrogen and oxygen atoms in total. The predicted octanol–water partition coefficient (Wildman–Crippen LogP) is -0.287. The minimum absolute atomic E-state index is 0.215. The van der Waals surface area contributed by atoms with Gasteiger partial charge in [0.2, 0.25) is 0 Å². The van der Waals surface area contributed by atoms with E-state index in [1.165, 1.54) is 6.33 Å². The molecule has 2 rings (SSSR count). The summed E-state index contributed by atoms with van der Waals surface area (Å²) in [6.45, 7) is 0.666. The zero-order valence-electron chi connectivity index (χ0n) is 7.13. The van der Waals surface area contributed by atoms with Crippen molar-refractivity contribution >= 4 is 9.84 Å². The lowest BCUT2D eigenvalue weighted by Crippen LogP contribution is -2.12. The van der Waals surface area contributed by atoms with E-state index in [4.69, 9.17) is 0 Å². The molecule has 0 N–H and O–H groups in total. The summed E-state index contributed by atoms with van der Waals surface area (Å²) in [7, 11) is -2.76. The molecule has 0 bridgehead atoms. The maximum absolute atomic E-state index is 11.1. The van der Waals surface area contributed by atoms with Crippen LogP contribution < -0.4 is 0 Å². The molecule has 1 aromatic heterocycles. The molecule has 0 amide bonds. The van der Waals surface area contributed by atoms with E-state index in [9.17, 15) is 8.42 Å². The molecule has 2 heterocycles. The minimum Gasteiger partial charge on any atom is -0.253 e. The van der Waals surface area contributed by atoms with Crippen LogP contribution in [0.3, 0.4) is 0 Å². The SMILES string of the molecule is O=S1(=O)CCC(Cn2cncn2)C1. The van der Waals surface area contributed by atoms with E-state index in [2.05, 4.69) is 10.1 Å². The molecular formula is C7H11N3O2S. The van der Waals surface area contributed by atoms with Gasteiger partial charge in [0.25, 0.3) is 0 Å². The number of sulfone groups is 1. The third kappa shape index (κ3) is 2.06. The highest BCUT2D eigenvalue weighted by molar-refractivity contribution is 7.91. The number of nitrogens with zero attached hydrogens (tertiary/aromatic N) is 3. The first-order chi connectivity index (χ1) is 6.16. The van der Waals surface area contributed by atoms with Gasteiger partial charge in [-0.3, -0.25) is 4.68 Å². The molecule has 0 aliphatic carbocycles. The highest BCUT2D eigenvalue weighted by Gasteiger charge is 2.27. The third-order valence-corrected chi connectivity index (χ3v) is 4.08. The molecule has 0 radical (unpaired) electrons. The lowest BCUT2D eigenvalue weighted by molar-refractivity contribution is 0.457. The van der Waals surface area contributed by atoms with Gasteiger partial charge in [0.1, 0.15) is 12.7 Å². The topological polar surface area (TPSA) is 64.8 Å². The fourth-order valence-electron chi connectivity index (χ4n) is 1.61. The Morgan fingerprint density at radius 1 is 1.54 bits per heavy atom. The zero-order valence-corrected chi connectivity index (χ0v) is 7.94. The molecule has 1 saturated heterocycles. The summed E-state index contributed by atoms with van der Waals surface area (Å²) in [5, 5.41) is 3.94. The second kappa shape index (κ2) is 3.10. The molecule has 13 heavy (non-hydrogen) atoms. The van der Waals surface area contributed by atoms with Gasteiger partial charge in [0.05, 0.1) is 11.5 Å². The number of hydrogen-bond donors (Lipinski definition) is 0. The fourth-order valence-corrected chi connectivity index (χ4v) is 3.46. The Hall–Kier alpha value is -0.910. The first-order valence-electron chi connectivity index (χ1n) is 4.18. The van der Waals surface area contributed by atoms with E-state index in [1.807, 2.05) is 0 Å². The Morgan fingerprint density at radius 3 is 2.92 bits per heavy atom. The minimum atomic E-state index is -2.76. The molecular weight excluding hydrogens is 190 g/mol. The number of aromatic nitrogens is 3. The smallest absolute Gasteiger partial charge is 0.150 e. The van der Waals surface area contributed by atoms with E-state index < -0.39 is 9.84 Å². The van der Waals surface area contributed by atoms with Gasteiger partial charge in [-0.1, -0.05) is 0 Å². The average Bonchev–Trinajstić information content (AvgIpc) is 2.61. The van der Waals surface area contributed by atoms with Gasteiger partial charge in [-0.25, -0.2) is 13.4 Å². The summed E-state index contributed by atoms with van der Waals surface area (Å²) in [6, 6.07) is 0. The second-order valence-electron chi connectivity index (χ2n) is 3.39. The quantitative estimate of drug-likeness (QED) is 0.659. The van der Waals surface area contributed by atoms with Gasteiger partial charge in [-0.2, -0.15) is 5.10 Å². The Balaban J connectivity index is 1.99. The fraction of sp³-hybridized carbons (Fsp3) is 0.714. The van der Waals surface area contributed by atoms with Gasteiger partial charge < -0.3 is 0 Å². The molecule has 0 spiro atoms. The summed E-state index contributed by atoms with van der Waals surface area (Å²) in [4.78, 5) is 3.80. The van der Waals surface area contributed by atoms with Crippen LogP contribution in [0.1, 0.15) is 6.42 Å².